The van der Waals surface area contributed by atoms with Gasteiger partial charge in [-0.3, -0.25) is 4.90 Å². The molecule has 0 aliphatic carbocycles. The third kappa shape index (κ3) is 4.61. The Morgan fingerprint density at radius 1 is 1.22 bits per heavy atom. The van der Waals surface area contributed by atoms with E-state index in [-0.39, 0.29) is 6.03 Å². The third-order valence-corrected chi connectivity index (χ3v) is 3.45. The molecular formula is C19H22N2O2. The Morgan fingerprint density at radius 3 is 2.70 bits per heavy atom. The number of nitrogens with zero attached hydrogens (tertiary/aromatic N) is 1. The second kappa shape index (κ2) is 8.03. The molecule has 2 amide bonds. The summed E-state index contributed by atoms with van der Waals surface area (Å²) in [4.78, 5) is 14.0. The second-order valence-electron chi connectivity index (χ2n) is 5.14. The number of carbonyl (C=O) groups excluding carboxylic acids is 1. The Morgan fingerprint density at radius 2 is 2.00 bits per heavy atom. The number of hydrogen-bond donors (Lipinski definition) is 1. The lowest BCUT2D eigenvalue weighted by molar-refractivity contribution is 0.249. The average molecular weight is 310 g/mol. The fourth-order valence-corrected chi connectivity index (χ4v) is 2.27. The number of methoxy groups -OCH3 is 1. The monoisotopic (exact) mass is 310 g/mol. The minimum Gasteiger partial charge on any atom is -0.497 e. The molecule has 0 heterocycles. The molecule has 2 aromatic carbocycles. The summed E-state index contributed by atoms with van der Waals surface area (Å²) in [6.45, 7) is 4.56. The van der Waals surface area contributed by atoms with Gasteiger partial charge < -0.3 is 10.1 Å². The minimum absolute atomic E-state index is 0.155. The minimum atomic E-state index is -0.155. The number of nitrogens with one attached hydrogen (secondary N) is 1. The van der Waals surface area contributed by atoms with Crippen molar-refractivity contribution in [2.24, 2.45) is 0 Å². The first-order valence-corrected chi connectivity index (χ1v) is 7.59. The van der Waals surface area contributed by atoms with Crippen molar-refractivity contribution in [3.63, 3.8) is 0 Å². The Kier molecular flexibility index (Phi) is 5.80. The van der Waals surface area contributed by atoms with Crippen LogP contribution in [0.25, 0.3) is 6.08 Å². The number of carbonyl (C=O) groups is 1. The summed E-state index contributed by atoms with van der Waals surface area (Å²) < 4.78 is 5.18. The zero-order chi connectivity index (χ0) is 16.7. The van der Waals surface area contributed by atoms with Gasteiger partial charge in [-0.1, -0.05) is 24.3 Å². The van der Waals surface area contributed by atoms with Gasteiger partial charge in [0.1, 0.15) is 5.75 Å². The van der Waals surface area contributed by atoms with E-state index in [4.69, 9.17) is 4.74 Å². The summed E-state index contributed by atoms with van der Waals surface area (Å²) in [5, 5.41) is 2.80. The summed E-state index contributed by atoms with van der Waals surface area (Å²) in [5.74, 6) is 0.786. The molecule has 2 aromatic rings. The van der Waals surface area contributed by atoms with E-state index in [0.717, 1.165) is 22.6 Å². The van der Waals surface area contributed by atoms with Gasteiger partial charge >= 0.3 is 6.03 Å². The number of hydrogen-bond acceptors (Lipinski definition) is 2. The number of benzene rings is 2. The quantitative estimate of drug-likeness (QED) is 0.899. The highest BCUT2D eigenvalue weighted by atomic mass is 16.5. The van der Waals surface area contributed by atoms with Gasteiger partial charge in [0.05, 0.1) is 7.11 Å². The van der Waals surface area contributed by atoms with Gasteiger partial charge in [0, 0.05) is 18.4 Å². The van der Waals surface area contributed by atoms with E-state index in [2.05, 4.69) is 5.32 Å². The summed E-state index contributed by atoms with van der Waals surface area (Å²) in [5.41, 5.74) is 2.98. The lowest BCUT2D eigenvalue weighted by atomic mass is 10.2. The highest BCUT2D eigenvalue weighted by Gasteiger charge is 2.12. The van der Waals surface area contributed by atoms with Crippen LogP contribution in [0.5, 0.6) is 5.75 Å². The van der Waals surface area contributed by atoms with Gasteiger partial charge in [-0.15, -0.1) is 0 Å². The van der Waals surface area contributed by atoms with Crippen LogP contribution >= 0.6 is 0 Å². The Hall–Kier alpha value is -2.75. The maximum absolute atomic E-state index is 12.3. The summed E-state index contributed by atoms with van der Waals surface area (Å²) in [6, 6.07) is 15.4. The van der Waals surface area contributed by atoms with Crippen molar-refractivity contribution < 1.29 is 9.53 Å². The first-order valence-electron chi connectivity index (χ1n) is 7.59. The molecule has 4 nitrogen and oxygen atoms in total. The van der Waals surface area contributed by atoms with Crippen LogP contribution < -0.4 is 15.0 Å². The van der Waals surface area contributed by atoms with Crippen LogP contribution in [0.1, 0.15) is 18.1 Å². The van der Waals surface area contributed by atoms with Crippen LogP contribution in [-0.2, 0) is 0 Å². The molecular weight excluding hydrogens is 288 g/mol. The smallest absolute Gasteiger partial charge is 0.325 e. The largest absolute Gasteiger partial charge is 0.497 e. The van der Waals surface area contributed by atoms with Crippen molar-refractivity contribution in [2.75, 3.05) is 18.6 Å². The third-order valence-electron chi connectivity index (χ3n) is 3.45. The molecule has 0 spiro atoms. The molecule has 0 aliphatic rings. The van der Waals surface area contributed by atoms with E-state index in [1.807, 2.05) is 68.5 Å². The second-order valence-corrected chi connectivity index (χ2v) is 5.14. The molecule has 4 heteroatoms. The summed E-state index contributed by atoms with van der Waals surface area (Å²) in [7, 11) is 1.63. The van der Waals surface area contributed by atoms with Crippen molar-refractivity contribution in [2.45, 2.75) is 13.8 Å². The van der Waals surface area contributed by atoms with Crippen LogP contribution in [0.3, 0.4) is 0 Å². The van der Waals surface area contributed by atoms with Crippen molar-refractivity contribution in [1.82, 2.24) is 5.32 Å². The van der Waals surface area contributed by atoms with Crippen LogP contribution in [0.2, 0.25) is 0 Å². The number of amides is 2. The van der Waals surface area contributed by atoms with Crippen LogP contribution in [0.15, 0.2) is 54.7 Å². The summed E-state index contributed by atoms with van der Waals surface area (Å²) in [6.07, 6.45) is 3.49. The molecule has 0 saturated heterocycles. The predicted octanol–water partition coefficient (Wildman–Crippen LogP) is 4.21. The van der Waals surface area contributed by atoms with Gasteiger partial charge in [0.25, 0.3) is 0 Å². The molecule has 0 atom stereocenters. The highest BCUT2D eigenvalue weighted by Crippen LogP contribution is 2.16. The molecule has 23 heavy (non-hydrogen) atoms. The van der Waals surface area contributed by atoms with E-state index >= 15 is 0 Å². The highest BCUT2D eigenvalue weighted by molar-refractivity contribution is 5.92. The molecule has 0 saturated carbocycles. The molecule has 1 N–H and O–H groups in total. The summed E-state index contributed by atoms with van der Waals surface area (Å²) >= 11 is 0. The Bertz CT molecular complexity index is 695. The van der Waals surface area contributed by atoms with Crippen LogP contribution in [0, 0.1) is 6.92 Å². The zero-order valence-electron chi connectivity index (χ0n) is 13.7. The van der Waals surface area contributed by atoms with Crippen molar-refractivity contribution in [1.29, 1.82) is 0 Å². The number of rotatable bonds is 5. The lowest BCUT2D eigenvalue weighted by Crippen LogP contribution is -2.37. The maximum atomic E-state index is 12.3. The first kappa shape index (κ1) is 16.6. The van der Waals surface area contributed by atoms with E-state index in [1.54, 1.807) is 18.2 Å². The standard InChI is InChI=1S/C19H22N2O2/c1-4-21(17-9-5-7-15(2)13-17)19(22)20-12-11-16-8-6-10-18(14-16)23-3/h5-14H,4H2,1-3H3,(H,20,22)/b12-11+. The zero-order valence-corrected chi connectivity index (χ0v) is 13.7. The lowest BCUT2D eigenvalue weighted by Gasteiger charge is -2.20. The van der Waals surface area contributed by atoms with E-state index in [0.29, 0.717) is 6.54 Å². The molecule has 0 bridgehead atoms. The van der Waals surface area contributed by atoms with Gasteiger partial charge in [0.2, 0.25) is 0 Å². The topological polar surface area (TPSA) is 41.6 Å². The molecule has 0 radical (unpaired) electrons. The first-order chi connectivity index (χ1) is 11.1. The van der Waals surface area contributed by atoms with Gasteiger partial charge in [-0.2, -0.15) is 0 Å². The molecule has 0 aliphatic heterocycles. The Balaban J connectivity index is 2.03. The van der Waals surface area contributed by atoms with Gasteiger partial charge in [-0.25, -0.2) is 4.79 Å². The van der Waals surface area contributed by atoms with E-state index in [9.17, 15) is 4.79 Å². The molecule has 0 fully saturated rings. The number of anilines is 1. The molecule has 2 rings (SSSR count). The number of aryl methyl sites for hydroxylation is 1. The fraction of sp³-hybridized carbons (Fsp3) is 0.211. The van der Waals surface area contributed by atoms with Gasteiger partial charge in [-0.05, 0) is 55.3 Å². The van der Waals surface area contributed by atoms with Crippen LogP contribution in [-0.4, -0.2) is 19.7 Å². The molecule has 0 unspecified atom stereocenters. The van der Waals surface area contributed by atoms with E-state index < -0.39 is 0 Å². The number of urea groups is 1. The van der Waals surface area contributed by atoms with Crippen LogP contribution in [0.4, 0.5) is 10.5 Å². The Labute approximate surface area is 137 Å². The molecule has 120 valence electrons. The maximum Gasteiger partial charge on any atom is 0.325 e. The van der Waals surface area contributed by atoms with Crippen molar-refractivity contribution in [3.05, 3.63) is 65.9 Å². The van der Waals surface area contributed by atoms with Crippen molar-refractivity contribution >= 4 is 17.8 Å². The number of ether oxygens (including phenoxy) is 1. The van der Waals surface area contributed by atoms with E-state index in [1.165, 1.54) is 0 Å². The fourth-order valence-electron chi connectivity index (χ4n) is 2.27. The normalized spacial score (nSPS) is 10.6. The predicted molar refractivity (Wildman–Crippen MR) is 94.8 cm³/mol. The SMILES string of the molecule is CCN(C(=O)N/C=C/c1cccc(OC)c1)c1cccc(C)c1. The van der Waals surface area contributed by atoms with Gasteiger partial charge in [0.15, 0.2) is 0 Å². The average Bonchev–Trinajstić information content (AvgIpc) is 2.56. The molecule has 0 aromatic heterocycles. The van der Waals surface area contributed by atoms with Crippen molar-refractivity contribution in [3.8, 4) is 5.75 Å².